The van der Waals surface area contributed by atoms with Crippen LogP contribution < -0.4 is 5.32 Å². The van der Waals surface area contributed by atoms with Gasteiger partial charge >= 0.3 is 0 Å². The average molecular weight is 345 g/mol. The minimum Gasteiger partial charge on any atom is -0.309 e. The summed E-state index contributed by atoms with van der Waals surface area (Å²) in [6.07, 6.45) is 1.05. The van der Waals surface area contributed by atoms with Gasteiger partial charge in [0.25, 0.3) is 0 Å². The molecule has 3 aromatic rings. The highest BCUT2D eigenvalue weighted by molar-refractivity contribution is 6.08. The van der Waals surface area contributed by atoms with E-state index in [0.29, 0.717) is 11.4 Å². The first kappa shape index (κ1) is 16.3. The number of rotatable bonds is 4. The van der Waals surface area contributed by atoms with Crippen LogP contribution in [-0.4, -0.2) is 21.9 Å². The summed E-state index contributed by atoms with van der Waals surface area (Å²) in [5.74, 6) is -0.335. The van der Waals surface area contributed by atoms with E-state index in [9.17, 15) is 9.59 Å². The van der Waals surface area contributed by atoms with Crippen molar-refractivity contribution in [1.29, 1.82) is 0 Å². The third-order valence-corrected chi connectivity index (χ3v) is 4.83. The molecule has 2 N–H and O–H groups in total. The fourth-order valence-electron chi connectivity index (χ4n) is 3.41. The van der Waals surface area contributed by atoms with Gasteiger partial charge in [0.05, 0.1) is 11.6 Å². The summed E-state index contributed by atoms with van der Waals surface area (Å²) in [7, 11) is 0. The lowest BCUT2D eigenvalue weighted by Crippen LogP contribution is -2.27. The summed E-state index contributed by atoms with van der Waals surface area (Å²) < 4.78 is 0. The highest BCUT2D eigenvalue weighted by Gasteiger charge is 2.35. The van der Waals surface area contributed by atoms with Crippen LogP contribution in [0.2, 0.25) is 0 Å². The molecule has 1 amide bonds. The van der Waals surface area contributed by atoms with Gasteiger partial charge in [0, 0.05) is 17.5 Å². The van der Waals surface area contributed by atoms with Crippen LogP contribution in [-0.2, 0) is 11.2 Å². The van der Waals surface area contributed by atoms with Gasteiger partial charge in [-0.1, -0.05) is 61.5 Å². The molecule has 0 saturated heterocycles. The van der Waals surface area contributed by atoms with Gasteiger partial charge in [-0.2, -0.15) is 5.10 Å². The molecule has 2 aromatic carbocycles. The Hall–Kier alpha value is -3.21. The van der Waals surface area contributed by atoms with Crippen LogP contribution in [0.4, 0.5) is 5.82 Å². The summed E-state index contributed by atoms with van der Waals surface area (Å²) >= 11 is 0. The van der Waals surface area contributed by atoms with Gasteiger partial charge < -0.3 is 5.32 Å². The van der Waals surface area contributed by atoms with Crippen LogP contribution in [0, 0.1) is 0 Å². The van der Waals surface area contributed by atoms with Crippen molar-refractivity contribution >= 4 is 17.5 Å². The number of amides is 1. The number of benzene rings is 2. The van der Waals surface area contributed by atoms with Gasteiger partial charge in [0.2, 0.25) is 5.91 Å². The van der Waals surface area contributed by atoms with Crippen LogP contribution >= 0.6 is 0 Å². The number of ketones is 1. The number of fused-ring (bicyclic) bond motifs is 1. The van der Waals surface area contributed by atoms with Crippen molar-refractivity contribution < 1.29 is 9.59 Å². The Kier molecular flexibility index (Phi) is 4.13. The van der Waals surface area contributed by atoms with E-state index in [1.165, 1.54) is 5.56 Å². The molecule has 0 aliphatic carbocycles. The molecule has 1 aliphatic rings. The number of hydrogen-bond donors (Lipinski definition) is 2. The number of hydrogen-bond acceptors (Lipinski definition) is 3. The molecular formula is C21H19N3O2. The van der Waals surface area contributed by atoms with Crippen molar-refractivity contribution in [1.82, 2.24) is 10.2 Å². The van der Waals surface area contributed by atoms with Crippen LogP contribution in [0.5, 0.6) is 0 Å². The first-order chi connectivity index (χ1) is 12.7. The number of aromatic nitrogens is 2. The summed E-state index contributed by atoms with van der Waals surface area (Å²) in [6.45, 7) is 2.08. The highest BCUT2D eigenvalue weighted by Crippen LogP contribution is 2.39. The van der Waals surface area contributed by atoms with E-state index in [-0.39, 0.29) is 18.1 Å². The molecule has 1 aliphatic heterocycles. The van der Waals surface area contributed by atoms with Crippen molar-refractivity contribution in [3.05, 3.63) is 71.3 Å². The summed E-state index contributed by atoms with van der Waals surface area (Å²) in [5, 5.41) is 9.99. The second-order valence-corrected chi connectivity index (χ2v) is 6.45. The van der Waals surface area contributed by atoms with E-state index < -0.39 is 5.92 Å². The molecule has 0 bridgehead atoms. The number of aromatic amines is 1. The zero-order valence-electron chi connectivity index (χ0n) is 14.5. The molecule has 2 heterocycles. The molecule has 5 heteroatoms. The number of H-pyrrole nitrogens is 1. The largest absolute Gasteiger partial charge is 0.309 e. The zero-order valence-corrected chi connectivity index (χ0v) is 14.5. The Morgan fingerprint density at radius 3 is 2.54 bits per heavy atom. The average Bonchev–Trinajstić information content (AvgIpc) is 3.11. The van der Waals surface area contributed by atoms with Crippen molar-refractivity contribution in [2.75, 3.05) is 5.32 Å². The molecule has 0 spiro atoms. The van der Waals surface area contributed by atoms with E-state index >= 15 is 0 Å². The Bertz CT molecular complexity index is 959. The molecule has 5 nitrogen and oxygen atoms in total. The molecule has 1 aromatic heterocycles. The van der Waals surface area contributed by atoms with E-state index in [1.54, 1.807) is 0 Å². The quantitative estimate of drug-likeness (QED) is 0.703. The Balaban J connectivity index is 1.77. The number of aryl methyl sites for hydroxylation is 1. The molecule has 0 saturated carbocycles. The lowest BCUT2D eigenvalue weighted by atomic mass is 9.84. The maximum Gasteiger partial charge on any atom is 0.226 e. The molecule has 26 heavy (non-hydrogen) atoms. The number of Topliss-reactive ketones (excluding diaryl/α,β-unsaturated/α-hetero) is 1. The Morgan fingerprint density at radius 1 is 1.12 bits per heavy atom. The molecular weight excluding hydrogens is 326 g/mol. The van der Waals surface area contributed by atoms with Crippen LogP contribution in [0.3, 0.4) is 0 Å². The number of nitrogens with zero attached hydrogens (tertiary/aromatic N) is 1. The van der Waals surface area contributed by atoms with E-state index in [2.05, 4.69) is 22.4 Å². The van der Waals surface area contributed by atoms with Crippen LogP contribution in [0.1, 0.15) is 40.7 Å². The van der Waals surface area contributed by atoms with Crippen molar-refractivity contribution in [3.63, 3.8) is 0 Å². The molecule has 130 valence electrons. The summed E-state index contributed by atoms with van der Waals surface area (Å²) in [6, 6.07) is 17.3. The van der Waals surface area contributed by atoms with Gasteiger partial charge in [-0.25, -0.2) is 0 Å². The number of carbonyl (C=O) groups is 2. The molecule has 0 radical (unpaired) electrons. The van der Waals surface area contributed by atoms with E-state index in [0.717, 1.165) is 23.2 Å². The number of nitrogens with one attached hydrogen (secondary N) is 2. The van der Waals surface area contributed by atoms with Crippen molar-refractivity contribution in [3.8, 4) is 11.3 Å². The fourth-order valence-corrected chi connectivity index (χ4v) is 3.41. The van der Waals surface area contributed by atoms with Gasteiger partial charge in [-0.15, -0.1) is 0 Å². The molecule has 0 fully saturated rings. The zero-order chi connectivity index (χ0) is 18.1. The SMILES string of the molecule is CCc1ccc(C(=O)C2CC(=O)Nc3n[nH]c(-c4ccccc4)c32)cc1. The predicted octanol–water partition coefficient (Wildman–Crippen LogP) is 3.95. The van der Waals surface area contributed by atoms with Crippen molar-refractivity contribution in [2.45, 2.75) is 25.7 Å². The summed E-state index contributed by atoms with van der Waals surface area (Å²) in [5.41, 5.74) is 4.28. The van der Waals surface area contributed by atoms with Crippen molar-refractivity contribution in [2.24, 2.45) is 0 Å². The van der Waals surface area contributed by atoms with E-state index in [1.807, 2.05) is 54.6 Å². The first-order valence-electron chi connectivity index (χ1n) is 8.74. The maximum atomic E-state index is 13.2. The summed E-state index contributed by atoms with van der Waals surface area (Å²) in [4.78, 5) is 25.3. The maximum absolute atomic E-state index is 13.2. The van der Waals surface area contributed by atoms with Gasteiger partial charge in [0.1, 0.15) is 0 Å². The smallest absolute Gasteiger partial charge is 0.226 e. The molecule has 1 atom stereocenters. The second-order valence-electron chi connectivity index (χ2n) is 6.45. The minimum absolute atomic E-state index is 0.0534. The predicted molar refractivity (Wildman–Crippen MR) is 100 cm³/mol. The van der Waals surface area contributed by atoms with Gasteiger partial charge in [0.15, 0.2) is 11.6 Å². The normalized spacial score (nSPS) is 16.0. The van der Waals surface area contributed by atoms with Gasteiger partial charge in [-0.05, 0) is 17.5 Å². The standard InChI is InChI=1S/C21H19N3O2/c1-2-13-8-10-15(11-9-13)20(26)16-12-17(25)22-21-18(16)19(23-24-21)14-6-4-3-5-7-14/h3-11,16H,2,12H2,1H3,(H2,22,23,24,25). The molecule has 4 rings (SSSR count). The third kappa shape index (κ3) is 2.81. The lowest BCUT2D eigenvalue weighted by Gasteiger charge is -2.22. The first-order valence-corrected chi connectivity index (χ1v) is 8.74. The lowest BCUT2D eigenvalue weighted by molar-refractivity contribution is -0.116. The number of anilines is 1. The second kappa shape index (κ2) is 6.59. The Morgan fingerprint density at radius 2 is 1.85 bits per heavy atom. The monoisotopic (exact) mass is 345 g/mol. The third-order valence-electron chi connectivity index (χ3n) is 4.83. The van der Waals surface area contributed by atoms with E-state index in [4.69, 9.17) is 0 Å². The fraction of sp³-hybridized carbons (Fsp3) is 0.190. The topological polar surface area (TPSA) is 74.8 Å². The van der Waals surface area contributed by atoms with Crippen LogP contribution in [0.25, 0.3) is 11.3 Å². The van der Waals surface area contributed by atoms with Gasteiger partial charge in [-0.3, -0.25) is 14.7 Å². The number of carbonyl (C=O) groups excluding carboxylic acids is 2. The minimum atomic E-state index is -0.541. The Labute approximate surface area is 151 Å². The highest BCUT2D eigenvalue weighted by atomic mass is 16.2. The van der Waals surface area contributed by atoms with Crippen LogP contribution in [0.15, 0.2) is 54.6 Å². The molecule has 1 unspecified atom stereocenters.